The summed E-state index contributed by atoms with van der Waals surface area (Å²) < 4.78 is 0. The first kappa shape index (κ1) is 14.4. The van der Waals surface area contributed by atoms with Gasteiger partial charge >= 0.3 is 0 Å². The molecule has 2 unspecified atom stereocenters. The molecule has 0 aliphatic heterocycles. The largest absolute Gasteiger partial charge is 0.311 e. The van der Waals surface area contributed by atoms with Crippen molar-refractivity contribution in [3.8, 4) is 0 Å². The molecule has 106 valence electrons. The summed E-state index contributed by atoms with van der Waals surface area (Å²) in [6.07, 6.45) is 13.1. The predicted octanol–water partition coefficient (Wildman–Crippen LogP) is 4.76. The Kier molecular flexibility index (Phi) is 5.54. The molecule has 0 aromatic heterocycles. The molecule has 1 N–H and O–H groups in total. The van der Waals surface area contributed by atoms with Gasteiger partial charge in [-0.05, 0) is 50.4 Å². The Morgan fingerprint density at radius 3 is 2.06 bits per heavy atom. The van der Waals surface area contributed by atoms with Crippen LogP contribution in [0.15, 0.2) is 0 Å². The lowest BCUT2D eigenvalue weighted by molar-refractivity contribution is 0.168. The minimum absolute atomic E-state index is 0.745. The molecule has 0 radical (unpaired) electrons. The normalized spacial score (nSPS) is 32.7. The number of hydrogen-bond acceptors (Lipinski definition) is 1. The molecule has 0 aromatic carbocycles. The highest BCUT2D eigenvalue weighted by Gasteiger charge is 2.30. The number of rotatable bonds is 4. The second-order valence-electron chi connectivity index (χ2n) is 7.15. The minimum atomic E-state index is 0.745. The van der Waals surface area contributed by atoms with Crippen LogP contribution in [0.1, 0.15) is 78.6 Å². The summed E-state index contributed by atoms with van der Waals surface area (Å²) in [5.74, 6) is 2.72. The van der Waals surface area contributed by atoms with Gasteiger partial charge < -0.3 is 5.32 Å². The molecule has 18 heavy (non-hydrogen) atoms. The average Bonchev–Trinajstić information content (AvgIpc) is 2.40. The Morgan fingerprint density at radius 2 is 1.39 bits per heavy atom. The third kappa shape index (κ3) is 3.73. The van der Waals surface area contributed by atoms with Gasteiger partial charge in [-0.15, -0.1) is 0 Å². The van der Waals surface area contributed by atoms with E-state index in [9.17, 15) is 0 Å². The van der Waals surface area contributed by atoms with Crippen LogP contribution in [0.5, 0.6) is 0 Å². The average molecular weight is 251 g/mol. The van der Waals surface area contributed by atoms with Crippen LogP contribution in [0.2, 0.25) is 0 Å². The van der Waals surface area contributed by atoms with Gasteiger partial charge in [0.15, 0.2) is 0 Å². The van der Waals surface area contributed by atoms with E-state index in [1.165, 1.54) is 57.8 Å². The predicted molar refractivity (Wildman–Crippen MR) is 79.8 cm³/mol. The van der Waals surface area contributed by atoms with Gasteiger partial charge in [0.2, 0.25) is 0 Å². The van der Waals surface area contributed by atoms with Crippen molar-refractivity contribution in [2.24, 2.45) is 17.8 Å². The van der Waals surface area contributed by atoms with Crippen LogP contribution in [-0.4, -0.2) is 12.1 Å². The molecule has 0 amide bonds. The summed E-state index contributed by atoms with van der Waals surface area (Å²) in [7, 11) is 0. The third-order valence-corrected chi connectivity index (χ3v) is 5.51. The van der Waals surface area contributed by atoms with E-state index in [4.69, 9.17) is 0 Å². The molecule has 1 heteroatoms. The molecule has 2 fully saturated rings. The van der Waals surface area contributed by atoms with Gasteiger partial charge in [0.05, 0.1) is 0 Å². The standard InChI is InChI=1S/C17H33N/c1-13(2)16-11-7-8-12-17(16)18-14(3)15-9-5-4-6-10-15/h13-18H,4-12H2,1-3H3/t14-,16?,17?/m1/s1. The Bertz CT molecular complexity index is 230. The Hall–Kier alpha value is -0.0400. The second kappa shape index (κ2) is 6.93. The van der Waals surface area contributed by atoms with Gasteiger partial charge in [0.1, 0.15) is 0 Å². The van der Waals surface area contributed by atoms with Gasteiger partial charge in [-0.2, -0.15) is 0 Å². The van der Waals surface area contributed by atoms with E-state index in [0.29, 0.717) is 0 Å². The molecule has 2 aliphatic rings. The van der Waals surface area contributed by atoms with Crippen LogP contribution in [0.4, 0.5) is 0 Å². The van der Waals surface area contributed by atoms with Crippen molar-refractivity contribution < 1.29 is 0 Å². The Balaban J connectivity index is 1.85. The van der Waals surface area contributed by atoms with Gasteiger partial charge in [0.25, 0.3) is 0 Å². The summed E-state index contributed by atoms with van der Waals surface area (Å²) in [4.78, 5) is 0. The first-order chi connectivity index (χ1) is 8.68. The Morgan fingerprint density at radius 1 is 0.778 bits per heavy atom. The summed E-state index contributed by atoms with van der Waals surface area (Å²) in [6.45, 7) is 7.27. The lowest BCUT2D eigenvalue weighted by Crippen LogP contribution is -2.47. The lowest BCUT2D eigenvalue weighted by Gasteiger charge is -2.39. The highest BCUT2D eigenvalue weighted by molar-refractivity contribution is 4.87. The van der Waals surface area contributed by atoms with E-state index >= 15 is 0 Å². The molecule has 0 bridgehead atoms. The van der Waals surface area contributed by atoms with Crippen molar-refractivity contribution in [2.75, 3.05) is 0 Å². The maximum atomic E-state index is 4.02. The monoisotopic (exact) mass is 251 g/mol. The van der Waals surface area contributed by atoms with E-state index < -0.39 is 0 Å². The SMILES string of the molecule is CC(C)C1CCCCC1N[C@H](C)C1CCCCC1. The second-order valence-corrected chi connectivity index (χ2v) is 7.15. The zero-order valence-corrected chi connectivity index (χ0v) is 12.8. The van der Waals surface area contributed by atoms with Crippen molar-refractivity contribution >= 4 is 0 Å². The minimum Gasteiger partial charge on any atom is -0.311 e. The van der Waals surface area contributed by atoms with Crippen molar-refractivity contribution in [1.82, 2.24) is 5.32 Å². The maximum Gasteiger partial charge on any atom is 0.0100 e. The lowest BCUT2D eigenvalue weighted by atomic mass is 9.76. The van der Waals surface area contributed by atoms with Crippen LogP contribution in [0, 0.1) is 17.8 Å². The fourth-order valence-corrected chi connectivity index (χ4v) is 4.27. The topological polar surface area (TPSA) is 12.0 Å². The van der Waals surface area contributed by atoms with E-state index in [-0.39, 0.29) is 0 Å². The molecule has 1 nitrogen and oxygen atoms in total. The molecule has 0 heterocycles. The number of hydrogen-bond donors (Lipinski definition) is 1. The molecular formula is C17H33N. The molecule has 2 aliphatic carbocycles. The van der Waals surface area contributed by atoms with Crippen LogP contribution in [-0.2, 0) is 0 Å². The quantitative estimate of drug-likeness (QED) is 0.759. The molecule has 0 aromatic rings. The van der Waals surface area contributed by atoms with Crippen molar-refractivity contribution in [2.45, 2.75) is 90.6 Å². The van der Waals surface area contributed by atoms with Gasteiger partial charge in [0, 0.05) is 12.1 Å². The zero-order valence-electron chi connectivity index (χ0n) is 12.8. The summed E-state index contributed by atoms with van der Waals surface area (Å²) in [5, 5.41) is 4.02. The van der Waals surface area contributed by atoms with E-state index in [2.05, 4.69) is 26.1 Å². The molecule has 2 rings (SSSR count). The Labute approximate surface area is 114 Å². The summed E-state index contributed by atoms with van der Waals surface area (Å²) in [5.41, 5.74) is 0. The zero-order chi connectivity index (χ0) is 13.0. The van der Waals surface area contributed by atoms with Crippen LogP contribution in [0.3, 0.4) is 0 Å². The first-order valence-electron chi connectivity index (χ1n) is 8.44. The number of nitrogens with one attached hydrogen (secondary N) is 1. The highest BCUT2D eigenvalue weighted by atomic mass is 15.0. The van der Waals surface area contributed by atoms with E-state index in [1.807, 2.05) is 0 Å². The molecule has 0 spiro atoms. The molecule has 2 saturated carbocycles. The maximum absolute atomic E-state index is 4.02. The smallest absolute Gasteiger partial charge is 0.0100 e. The van der Waals surface area contributed by atoms with Crippen LogP contribution < -0.4 is 5.32 Å². The van der Waals surface area contributed by atoms with Gasteiger partial charge in [-0.1, -0.05) is 46.0 Å². The highest BCUT2D eigenvalue weighted by Crippen LogP contribution is 2.32. The molecule has 3 atom stereocenters. The van der Waals surface area contributed by atoms with Crippen molar-refractivity contribution in [3.63, 3.8) is 0 Å². The molecular weight excluding hydrogens is 218 g/mol. The fraction of sp³-hybridized carbons (Fsp3) is 1.00. The summed E-state index contributed by atoms with van der Waals surface area (Å²) >= 11 is 0. The van der Waals surface area contributed by atoms with Gasteiger partial charge in [-0.3, -0.25) is 0 Å². The van der Waals surface area contributed by atoms with Crippen molar-refractivity contribution in [3.05, 3.63) is 0 Å². The van der Waals surface area contributed by atoms with Crippen LogP contribution >= 0.6 is 0 Å². The fourth-order valence-electron chi connectivity index (χ4n) is 4.27. The van der Waals surface area contributed by atoms with Crippen molar-refractivity contribution in [1.29, 1.82) is 0 Å². The van der Waals surface area contributed by atoms with Crippen LogP contribution in [0.25, 0.3) is 0 Å². The third-order valence-electron chi connectivity index (χ3n) is 5.51. The summed E-state index contributed by atoms with van der Waals surface area (Å²) in [6, 6.07) is 1.55. The van der Waals surface area contributed by atoms with E-state index in [1.54, 1.807) is 0 Å². The molecule has 0 saturated heterocycles. The van der Waals surface area contributed by atoms with Gasteiger partial charge in [-0.25, -0.2) is 0 Å². The first-order valence-corrected chi connectivity index (χ1v) is 8.44. The van der Waals surface area contributed by atoms with E-state index in [0.717, 1.165) is 29.8 Å².